The predicted molar refractivity (Wildman–Crippen MR) is 86.7 cm³/mol. The summed E-state index contributed by atoms with van der Waals surface area (Å²) in [5, 5.41) is 2.77. The van der Waals surface area contributed by atoms with Crippen molar-refractivity contribution < 1.29 is 19.1 Å². The molecule has 0 aliphatic carbocycles. The molecule has 0 aromatic heterocycles. The van der Waals surface area contributed by atoms with Gasteiger partial charge in [-0.2, -0.15) is 0 Å². The van der Waals surface area contributed by atoms with E-state index in [2.05, 4.69) is 41.9 Å². The van der Waals surface area contributed by atoms with Crippen molar-refractivity contribution in [3.63, 3.8) is 0 Å². The summed E-state index contributed by atoms with van der Waals surface area (Å²) in [7, 11) is 1.28. The van der Waals surface area contributed by atoms with Crippen LogP contribution in [0.1, 0.15) is 27.2 Å². The predicted octanol–water partition coefficient (Wildman–Crippen LogP) is 3.26. The lowest BCUT2D eigenvalue weighted by atomic mass is 10.2. The maximum Gasteiger partial charge on any atom is 0.355 e. The zero-order valence-corrected chi connectivity index (χ0v) is 15.4. The van der Waals surface area contributed by atoms with Gasteiger partial charge in [0.15, 0.2) is 0 Å². The van der Waals surface area contributed by atoms with Gasteiger partial charge in [0.2, 0.25) is 0 Å². The summed E-state index contributed by atoms with van der Waals surface area (Å²) in [6, 6.07) is 0. The minimum Gasteiger partial charge on any atom is -0.464 e. The molecule has 1 N–H and O–H groups in total. The molecule has 0 unspecified atom stereocenters. The summed E-state index contributed by atoms with van der Waals surface area (Å²) >= 11 is 6.62. The van der Waals surface area contributed by atoms with Gasteiger partial charge in [-0.1, -0.05) is 0 Å². The van der Waals surface area contributed by atoms with Gasteiger partial charge in [0, 0.05) is 0 Å². The van der Waals surface area contributed by atoms with Crippen molar-refractivity contribution in [1.82, 2.24) is 5.32 Å². The minimum absolute atomic E-state index is 0.172. The van der Waals surface area contributed by atoms with E-state index in [0.717, 1.165) is 5.57 Å². The number of rotatable bonds is 2. The molecule has 0 amide bonds. The van der Waals surface area contributed by atoms with E-state index in [1.807, 2.05) is 0 Å². The van der Waals surface area contributed by atoms with Gasteiger partial charge in [0.1, 0.15) is 17.0 Å². The van der Waals surface area contributed by atoms with Crippen molar-refractivity contribution in [2.75, 3.05) is 7.11 Å². The topological polar surface area (TPSA) is 64.6 Å². The van der Waals surface area contributed by atoms with E-state index in [-0.39, 0.29) is 11.4 Å². The Labute approximate surface area is 140 Å². The molecule has 0 spiro atoms. The van der Waals surface area contributed by atoms with Crippen LogP contribution < -0.4 is 5.32 Å². The van der Waals surface area contributed by atoms with Crippen LogP contribution in [0.15, 0.2) is 32.5 Å². The Morgan fingerprint density at radius 3 is 2.29 bits per heavy atom. The van der Waals surface area contributed by atoms with E-state index in [4.69, 9.17) is 4.74 Å². The van der Waals surface area contributed by atoms with E-state index in [1.54, 1.807) is 32.9 Å². The van der Waals surface area contributed by atoms with Crippen molar-refractivity contribution in [2.24, 2.45) is 0 Å². The second-order valence-corrected chi connectivity index (χ2v) is 7.93. The molecule has 0 saturated carbocycles. The van der Waals surface area contributed by atoms with Crippen molar-refractivity contribution in [3.05, 3.63) is 32.5 Å². The van der Waals surface area contributed by atoms with E-state index < -0.39 is 17.5 Å². The van der Waals surface area contributed by atoms with Crippen LogP contribution in [0.4, 0.5) is 0 Å². The van der Waals surface area contributed by atoms with Gasteiger partial charge in [0.25, 0.3) is 0 Å². The zero-order valence-electron chi connectivity index (χ0n) is 12.3. The molecule has 7 heteroatoms. The van der Waals surface area contributed by atoms with Gasteiger partial charge < -0.3 is 14.8 Å². The molecule has 116 valence electrons. The zero-order chi connectivity index (χ0) is 16.2. The van der Waals surface area contributed by atoms with Crippen molar-refractivity contribution in [3.8, 4) is 0 Å². The Kier molecular flexibility index (Phi) is 6.22. The van der Waals surface area contributed by atoms with Gasteiger partial charge in [-0.25, -0.2) is 9.59 Å². The van der Waals surface area contributed by atoms with E-state index >= 15 is 0 Å². The third kappa shape index (κ3) is 5.67. The molecule has 0 atom stereocenters. The molecule has 0 radical (unpaired) electrons. The molecule has 1 heterocycles. The highest BCUT2D eigenvalue weighted by Crippen LogP contribution is 2.26. The highest BCUT2D eigenvalue weighted by Gasteiger charge is 2.24. The molecule has 0 fully saturated rings. The lowest BCUT2D eigenvalue weighted by molar-refractivity contribution is -0.150. The van der Waals surface area contributed by atoms with Crippen LogP contribution in [0.2, 0.25) is 0 Å². The molecule has 1 aliphatic heterocycles. The number of carbonyl (C=O) groups is 2. The summed E-state index contributed by atoms with van der Waals surface area (Å²) in [5.41, 5.74) is 0.537. The Hall–Kier alpha value is -1.08. The lowest BCUT2D eigenvalue weighted by Crippen LogP contribution is -2.31. The molecule has 0 saturated heterocycles. The fraction of sp³-hybridized carbons (Fsp3) is 0.429. The second kappa shape index (κ2) is 7.26. The van der Waals surface area contributed by atoms with Gasteiger partial charge in [-0.05, 0) is 76.8 Å². The molecule has 0 aromatic carbocycles. The summed E-state index contributed by atoms with van der Waals surface area (Å²) in [5.74, 6) is -1.09. The first kappa shape index (κ1) is 18.0. The van der Waals surface area contributed by atoms with Crippen LogP contribution in [-0.4, -0.2) is 24.6 Å². The van der Waals surface area contributed by atoms with Crippen LogP contribution in [0, 0.1) is 0 Å². The Morgan fingerprint density at radius 1 is 1.19 bits per heavy atom. The molecule has 1 aliphatic rings. The van der Waals surface area contributed by atoms with Crippen LogP contribution in [0.25, 0.3) is 0 Å². The summed E-state index contributed by atoms with van der Waals surface area (Å²) in [4.78, 5) is 23.9. The third-order valence-corrected chi connectivity index (χ3v) is 3.40. The van der Waals surface area contributed by atoms with E-state index in [9.17, 15) is 9.59 Å². The van der Waals surface area contributed by atoms with Gasteiger partial charge >= 0.3 is 11.9 Å². The Bertz CT molecular complexity index is 538. The highest BCUT2D eigenvalue weighted by molar-refractivity contribution is 9.28. The first-order valence-corrected chi connectivity index (χ1v) is 7.77. The Balaban J connectivity index is 3.14. The molecular weight excluding hydrogens is 406 g/mol. The number of carbonyl (C=O) groups excluding carboxylic acids is 2. The van der Waals surface area contributed by atoms with Crippen molar-refractivity contribution in [2.45, 2.75) is 32.8 Å². The van der Waals surface area contributed by atoms with Crippen LogP contribution in [-0.2, 0) is 19.1 Å². The second-order valence-electron chi connectivity index (χ2n) is 5.28. The van der Waals surface area contributed by atoms with Crippen LogP contribution >= 0.6 is 31.9 Å². The SMILES string of the molecule is COC(=O)C1=CCC(=C(Br)Br)C=C(C(=O)OC(C)(C)C)N1. The summed E-state index contributed by atoms with van der Waals surface area (Å²) < 4.78 is 10.7. The normalized spacial score (nSPS) is 15.2. The van der Waals surface area contributed by atoms with E-state index in [0.29, 0.717) is 9.81 Å². The number of esters is 2. The number of ether oxygens (including phenoxy) is 2. The lowest BCUT2D eigenvalue weighted by Gasteiger charge is -2.21. The summed E-state index contributed by atoms with van der Waals surface area (Å²) in [6.45, 7) is 5.32. The van der Waals surface area contributed by atoms with Crippen molar-refractivity contribution in [1.29, 1.82) is 0 Å². The first-order valence-electron chi connectivity index (χ1n) is 6.18. The Morgan fingerprint density at radius 2 is 1.81 bits per heavy atom. The number of methoxy groups -OCH3 is 1. The maximum atomic E-state index is 12.2. The molecule has 0 bridgehead atoms. The third-order valence-electron chi connectivity index (χ3n) is 2.38. The molecular formula is C14H17Br2NO4. The van der Waals surface area contributed by atoms with E-state index in [1.165, 1.54) is 7.11 Å². The average molecular weight is 423 g/mol. The quantitative estimate of drug-likeness (QED) is 0.692. The number of halogens is 2. The number of hydrogen-bond acceptors (Lipinski definition) is 5. The average Bonchev–Trinajstić information content (AvgIpc) is 2.58. The van der Waals surface area contributed by atoms with Gasteiger partial charge in [0.05, 0.1) is 10.5 Å². The largest absolute Gasteiger partial charge is 0.464 e. The molecule has 1 rings (SSSR count). The number of nitrogens with one attached hydrogen (secondary N) is 1. The molecule has 5 nitrogen and oxygen atoms in total. The fourth-order valence-corrected chi connectivity index (χ4v) is 2.05. The summed E-state index contributed by atoms with van der Waals surface area (Å²) in [6.07, 6.45) is 3.73. The van der Waals surface area contributed by atoms with Crippen LogP contribution in [0.5, 0.6) is 0 Å². The fourth-order valence-electron chi connectivity index (χ4n) is 1.50. The molecule has 0 aromatic rings. The van der Waals surface area contributed by atoms with Gasteiger partial charge in [-0.3, -0.25) is 0 Å². The monoisotopic (exact) mass is 421 g/mol. The van der Waals surface area contributed by atoms with Gasteiger partial charge in [-0.15, -0.1) is 0 Å². The highest BCUT2D eigenvalue weighted by atomic mass is 79.9. The maximum absolute atomic E-state index is 12.2. The minimum atomic E-state index is -0.628. The number of allylic oxidation sites excluding steroid dienone is 3. The number of hydrogen-bond donors (Lipinski definition) is 1. The molecule has 21 heavy (non-hydrogen) atoms. The van der Waals surface area contributed by atoms with Crippen LogP contribution in [0.3, 0.4) is 0 Å². The first-order chi connectivity index (χ1) is 9.64. The standard InChI is InChI=1S/C14H17Br2NO4/c1-14(2,3)21-13(19)10-7-8(11(15)16)5-6-9(17-10)12(18)20-4/h6-7,17H,5H2,1-4H3. The van der Waals surface area contributed by atoms with Crippen molar-refractivity contribution >= 4 is 43.8 Å². The smallest absolute Gasteiger partial charge is 0.355 e.